The smallest absolute Gasteiger partial charge is 0.165 e. The van der Waals surface area contributed by atoms with Crippen LogP contribution in [-0.2, 0) is 5.41 Å². The third-order valence-electron chi connectivity index (χ3n) is 3.80. The van der Waals surface area contributed by atoms with Gasteiger partial charge in [-0.15, -0.1) is 0 Å². The van der Waals surface area contributed by atoms with Gasteiger partial charge in [0.1, 0.15) is 0 Å². The van der Waals surface area contributed by atoms with E-state index in [9.17, 15) is 5.26 Å². The van der Waals surface area contributed by atoms with E-state index < -0.39 is 5.41 Å². The molecule has 1 unspecified atom stereocenters. The lowest BCUT2D eigenvalue weighted by Gasteiger charge is -2.32. The zero-order chi connectivity index (χ0) is 15.2. The van der Waals surface area contributed by atoms with Gasteiger partial charge in [0.2, 0.25) is 0 Å². The van der Waals surface area contributed by atoms with Crippen molar-refractivity contribution in [1.29, 1.82) is 5.26 Å². The molecule has 1 aromatic carbocycles. The number of benzene rings is 1. The molecule has 1 N–H and O–H groups in total. The van der Waals surface area contributed by atoms with Crippen molar-refractivity contribution in [3.05, 3.63) is 23.8 Å². The molecule has 0 spiro atoms. The van der Waals surface area contributed by atoms with Crippen LogP contribution in [-0.4, -0.2) is 25.9 Å². The van der Waals surface area contributed by atoms with Crippen molar-refractivity contribution in [2.24, 2.45) is 5.92 Å². The maximum atomic E-state index is 9.78. The fourth-order valence-corrected chi connectivity index (χ4v) is 2.58. The molecule has 0 saturated carbocycles. The highest BCUT2D eigenvalue weighted by Gasteiger charge is 2.38. The van der Waals surface area contributed by atoms with Gasteiger partial charge in [-0.1, -0.05) is 26.0 Å². The molecular formula is C16H23NO3. The molecule has 0 fully saturated rings. The Labute approximate surface area is 120 Å². The van der Waals surface area contributed by atoms with Crippen LogP contribution in [0.5, 0.6) is 11.5 Å². The molecule has 4 heteroatoms. The highest BCUT2D eigenvalue weighted by molar-refractivity contribution is 5.52. The molecule has 0 bridgehead atoms. The lowest BCUT2D eigenvalue weighted by molar-refractivity contribution is 0.252. The Morgan fingerprint density at radius 2 is 2.00 bits per heavy atom. The number of ether oxygens (including phenoxy) is 2. The summed E-state index contributed by atoms with van der Waals surface area (Å²) in [5, 5.41) is 18.9. The molecule has 0 amide bonds. The summed E-state index contributed by atoms with van der Waals surface area (Å²) in [6.07, 6.45) is 1.16. The summed E-state index contributed by atoms with van der Waals surface area (Å²) in [6, 6.07) is 8.03. The van der Waals surface area contributed by atoms with Crippen LogP contribution >= 0.6 is 0 Å². The molecule has 1 rings (SSSR count). The monoisotopic (exact) mass is 277 g/mol. The average Bonchev–Trinajstić information content (AvgIpc) is 2.47. The van der Waals surface area contributed by atoms with Crippen molar-refractivity contribution in [1.82, 2.24) is 0 Å². The number of aliphatic hydroxyl groups is 1. The fourth-order valence-electron chi connectivity index (χ4n) is 2.58. The van der Waals surface area contributed by atoms with Gasteiger partial charge in [-0.05, 0) is 24.8 Å². The minimum atomic E-state index is -0.692. The number of nitrogens with zero attached hydrogens (tertiary/aromatic N) is 1. The molecule has 1 aromatic rings. The first kappa shape index (κ1) is 16.3. The summed E-state index contributed by atoms with van der Waals surface area (Å²) in [4.78, 5) is 0. The van der Waals surface area contributed by atoms with Gasteiger partial charge in [0.25, 0.3) is 0 Å². The highest BCUT2D eigenvalue weighted by Crippen LogP contribution is 2.44. The van der Waals surface area contributed by atoms with Gasteiger partial charge in [-0.25, -0.2) is 0 Å². The molecule has 0 aliphatic heterocycles. The summed E-state index contributed by atoms with van der Waals surface area (Å²) in [5.41, 5.74) is 0.133. The second-order valence-electron chi connectivity index (χ2n) is 5.11. The van der Waals surface area contributed by atoms with Gasteiger partial charge in [0.05, 0.1) is 25.7 Å². The molecule has 0 heterocycles. The fraction of sp³-hybridized carbons (Fsp3) is 0.562. The Hall–Kier alpha value is -1.73. The van der Waals surface area contributed by atoms with Crippen LogP contribution in [0.3, 0.4) is 0 Å². The molecule has 0 aliphatic rings. The number of hydrogen-bond acceptors (Lipinski definition) is 4. The summed E-state index contributed by atoms with van der Waals surface area (Å²) in [5.74, 6) is 1.32. The van der Waals surface area contributed by atoms with Crippen molar-refractivity contribution in [3.8, 4) is 17.6 Å². The van der Waals surface area contributed by atoms with Gasteiger partial charge in [0.15, 0.2) is 11.5 Å². The summed E-state index contributed by atoms with van der Waals surface area (Å²) in [7, 11) is 3.16. The van der Waals surface area contributed by atoms with E-state index in [-0.39, 0.29) is 12.5 Å². The largest absolute Gasteiger partial charge is 0.493 e. The van der Waals surface area contributed by atoms with E-state index >= 15 is 0 Å². The van der Waals surface area contributed by atoms with E-state index in [4.69, 9.17) is 14.6 Å². The predicted octanol–water partition coefficient (Wildman–Crippen LogP) is 2.89. The first-order valence-electron chi connectivity index (χ1n) is 6.81. The highest BCUT2D eigenvalue weighted by atomic mass is 16.5. The van der Waals surface area contributed by atoms with Gasteiger partial charge in [0, 0.05) is 12.2 Å². The third-order valence-corrected chi connectivity index (χ3v) is 3.80. The number of para-hydroxylation sites is 1. The van der Waals surface area contributed by atoms with E-state index in [0.717, 1.165) is 5.56 Å². The SMILES string of the molecule is COc1cccc(C(C#N)(CCCO)C(C)C)c1OC. The second-order valence-corrected chi connectivity index (χ2v) is 5.11. The van der Waals surface area contributed by atoms with E-state index in [1.165, 1.54) is 0 Å². The molecule has 4 nitrogen and oxygen atoms in total. The van der Waals surface area contributed by atoms with Gasteiger partial charge in [-0.2, -0.15) is 5.26 Å². The summed E-state index contributed by atoms with van der Waals surface area (Å²) in [6.45, 7) is 4.10. The van der Waals surface area contributed by atoms with Crippen LogP contribution < -0.4 is 9.47 Å². The average molecular weight is 277 g/mol. The van der Waals surface area contributed by atoms with Crippen LogP contribution in [0.2, 0.25) is 0 Å². The third kappa shape index (κ3) is 2.88. The maximum absolute atomic E-state index is 9.78. The van der Waals surface area contributed by atoms with E-state index in [1.807, 2.05) is 32.0 Å². The summed E-state index contributed by atoms with van der Waals surface area (Å²) < 4.78 is 10.8. The minimum absolute atomic E-state index is 0.0719. The number of nitriles is 1. The summed E-state index contributed by atoms with van der Waals surface area (Å²) >= 11 is 0. The molecule has 20 heavy (non-hydrogen) atoms. The lowest BCUT2D eigenvalue weighted by atomic mass is 9.69. The van der Waals surface area contributed by atoms with Crippen LogP contribution in [0.1, 0.15) is 32.3 Å². The number of rotatable bonds is 7. The quantitative estimate of drug-likeness (QED) is 0.832. The minimum Gasteiger partial charge on any atom is -0.493 e. The van der Waals surface area contributed by atoms with E-state index in [2.05, 4.69) is 6.07 Å². The number of aliphatic hydroxyl groups excluding tert-OH is 1. The molecule has 0 saturated heterocycles. The van der Waals surface area contributed by atoms with Gasteiger partial charge < -0.3 is 14.6 Å². The molecule has 0 aliphatic carbocycles. The lowest BCUT2D eigenvalue weighted by Crippen LogP contribution is -2.31. The normalized spacial score (nSPS) is 13.7. The predicted molar refractivity (Wildman–Crippen MR) is 78.0 cm³/mol. The van der Waals surface area contributed by atoms with Crippen molar-refractivity contribution < 1.29 is 14.6 Å². The molecule has 110 valence electrons. The van der Waals surface area contributed by atoms with Crippen molar-refractivity contribution in [3.63, 3.8) is 0 Å². The van der Waals surface area contributed by atoms with Crippen molar-refractivity contribution in [2.75, 3.05) is 20.8 Å². The van der Waals surface area contributed by atoms with Crippen LogP contribution in [0.4, 0.5) is 0 Å². The van der Waals surface area contributed by atoms with Crippen molar-refractivity contribution >= 4 is 0 Å². The number of hydrogen-bond donors (Lipinski definition) is 1. The van der Waals surface area contributed by atoms with E-state index in [1.54, 1.807) is 14.2 Å². The molecule has 1 atom stereocenters. The van der Waals surface area contributed by atoms with Crippen LogP contribution in [0, 0.1) is 17.2 Å². The first-order chi connectivity index (χ1) is 9.57. The molecular weight excluding hydrogens is 254 g/mol. The molecule has 0 radical (unpaired) electrons. The Morgan fingerprint density at radius 3 is 2.45 bits per heavy atom. The molecule has 0 aromatic heterocycles. The van der Waals surface area contributed by atoms with Crippen molar-refractivity contribution in [2.45, 2.75) is 32.1 Å². The Morgan fingerprint density at radius 1 is 1.30 bits per heavy atom. The zero-order valence-electron chi connectivity index (χ0n) is 12.6. The Kier molecular flexibility index (Phi) is 5.84. The van der Waals surface area contributed by atoms with E-state index in [0.29, 0.717) is 24.3 Å². The standard InChI is InChI=1S/C16H23NO3/c1-12(2)16(11-17,9-6-10-18)13-7-5-8-14(19-3)15(13)20-4/h5,7-8,12,18H,6,9-10H2,1-4H3. The number of methoxy groups -OCH3 is 2. The second kappa shape index (κ2) is 7.16. The first-order valence-corrected chi connectivity index (χ1v) is 6.81. The Bertz CT molecular complexity index is 479. The van der Waals surface area contributed by atoms with Crippen LogP contribution in [0.25, 0.3) is 0 Å². The Balaban J connectivity index is 3.45. The van der Waals surface area contributed by atoms with Gasteiger partial charge in [-0.3, -0.25) is 0 Å². The van der Waals surface area contributed by atoms with Crippen LogP contribution in [0.15, 0.2) is 18.2 Å². The topological polar surface area (TPSA) is 62.5 Å². The van der Waals surface area contributed by atoms with Gasteiger partial charge >= 0.3 is 0 Å². The maximum Gasteiger partial charge on any atom is 0.165 e. The zero-order valence-corrected chi connectivity index (χ0v) is 12.6.